The first-order valence-corrected chi connectivity index (χ1v) is 7.55. The van der Waals surface area contributed by atoms with Crippen LogP contribution in [0.15, 0.2) is 6.33 Å². The molecule has 0 radical (unpaired) electrons. The van der Waals surface area contributed by atoms with Crippen molar-refractivity contribution < 1.29 is 0 Å². The zero-order valence-electron chi connectivity index (χ0n) is 12.0. The van der Waals surface area contributed by atoms with Gasteiger partial charge in [-0.15, -0.1) is 0 Å². The molecule has 3 rings (SSSR count). The molecule has 1 aromatic heterocycles. The standard InChI is InChI=1S/C15H24N4/c1-10(2)13-14(16)17-9-18-15(13)19-8-7-11-5-3-4-6-12(11)19/h9-12H,3-8H2,1-2H3,(H2,16,17,18). The number of rotatable bonds is 2. The second kappa shape index (κ2) is 4.99. The van der Waals surface area contributed by atoms with Gasteiger partial charge in [0, 0.05) is 18.2 Å². The Hall–Kier alpha value is -1.32. The highest BCUT2D eigenvalue weighted by atomic mass is 15.2. The van der Waals surface area contributed by atoms with Crippen molar-refractivity contribution in [1.29, 1.82) is 0 Å². The van der Waals surface area contributed by atoms with Gasteiger partial charge in [0.1, 0.15) is 18.0 Å². The summed E-state index contributed by atoms with van der Waals surface area (Å²) in [6.45, 7) is 5.48. The molecule has 2 atom stereocenters. The molecule has 1 aliphatic heterocycles. The third kappa shape index (κ3) is 2.17. The summed E-state index contributed by atoms with van der Waals surface area (Å²) in [5.74, 6) is 2.99. The Morgan fingerprint density at radius 2 is 2.00 bits per heavy atom. The highest BCUT2D eigenvalue weighted by Crippen LogP contribution is 2.41. The average molecular weight is 260 g/mol. The van der Waals surface area contributed by atoms with Gasteiger partial charge in [0.25, 0.3) is 0 Å². The van der Waals surface area contributed by atoms with Crippen molar-refractivity contribution in [2.75, 3.05) is 17.2 Å². The van der Waals surface area contributed by atoms with E-state index in [0.717, 1.165) is 23.8 Å². The molecule has 0 aromatic carbocycles. The third-order valence-electron chi connectivity index (χ3n) is 4.75. The van der Waals surface area contributed by atoms with Crippen molar-refractivity contribution in [3.63, 3.8) is 0 Å². The number of hydrogen-bond donors (Lipinski definition) is 1. The van der Waals surface area contributed by atoms with E-state index in [1.54, 1.807) is 6.33 Å². The molecule has 4 heteroatoms. The van der Waals surface area contributed by atoms with Gasteiger partial charge in [-0.25, -0.2) is 9.97 Å². The van der Waals surface area contributed by atoms with Crippen LogP contribution >= 0.6 is 0 Å². The van der Waals surface area contributed by atoms with Gasteiger partial charge in [-0.3, -0.25) is 0 Å². The summed E-state index contributed by atoms with van der Waals surface area (Å²) < 4.78 is 0. The Labute approximate surface area is 115 Å². The number of aromatic nitrogens is 2. The van der Waals surface area contributed by atoms with Crippen molar-refractivity contribution in [2.45, 2.75) is 57.9 Å². The first-order chi connectivity index (χ1) is 9.18. The van der Waals surface area contributed by atoms with E-state index in [-0.39, 0.29) is 0 Å². The van der Waals surface area contributed by atoms with E-state index in [9.17, 15) is 0 Å². The molecule has 2 unspecified atom stereocenters. The summed E-state index contributed by atoms with van der Waals surface area (Å²) in [7, 11) is 0. The van der Waals surface area contributed by atoms with Crippen LogP contribution in [0.3, 0.4) is 0 Å². The minimum absolute atomic E-state index is 0.374. The predicted octanol–water partition coefficient (Wildman–Crippen LogP) is 2.95. The zero-order valence-corrected chi connectivity index (χ0v) is 12.0. The normalized spacial score (nSPS) is 26.8. The van der Waals surface area contributed by atoms with E-state index in [0.29, 0.717) is 17.8 Å². The Balaban J connectivity index is 1.96. The Morgan fingerprint density at radius 3 is 2.79 bits per heavy atom. The first kappa shape index (κ1) is 12.7. The first-order valence-electron chi connectivity index (χ1n) is 7.55. The molecular formula is C15H24N4. The van der Waals surface area contributed by atoms with Gasteiger partial charge in [0.2, 0.25) is 0 Å². The summed E-state index contributed by atoms with van der Waals surface area (Å²) in [6.07, 6.45) is 8.39. The number of nitrogens with two attached hydrogens (primary N) is 1. The van der Waals surface area contributed by atoms with Crippen LogP contribution < -0.4 is 10.6 Å². The Kier molecular flexibility index (Phi) is 3.33. The van der Waals surface area contributed by atoms with E-state index >= 15 is 0 Å². The molecule has 0 amide bonds. The van der Waals surface area contributed by atoms with Crippen molar-refractivity contribution in [2.24, 2.45) is 5.92 Å². The van der Waals surface area contributed by atoms with Crippen molar-refractivity contribution in [3.8, 4) is 0 Å². The number of fused-ring (bicyclic) bond motifs is 1. The highest BCUT2D eigenvalue weighted by Gasteiger charge is 2.37. The lowest BCUT2D eigenvalue weighted by Gasteiger charge is -2.34. The SMILES string of the molecule is CC(C)c1c(N)ncnc1N1CCC2CCCCC21. The largest absolute Gasteiger partial charge is 0.383 e. The highest BCUT2D eigenvalue weighted by molar-refractivity contribution is 5.59. The molecule has 2 heterocycles. The average Bonchev–Trinajstić information content (AvgIpc) is 2.81. The molecule has 2 aliphatic rings. The maximum atomic E-state index is 6.08. The van der Waals surface area contributed by atoms with Gasteiger partial charge >= 0.3 is 0 Å². The smallest absolute Gasteiger partial charge is 0.137 e. The molecule has 0 bridgehead atoms. The Bertz CT molecular complexity index is 457. The van der Waals surface area contributed by atoms with Crippen LogP contribution in [0, 0.1) is 5.92 Å². The fourth-order valence-electron chi connectivity index (χ4n) is 3.85. The number of hydrogen-bond acceptors (Lipinski definition) is 4. The fraction of sp³-hybridized carbons (Fsp3) is 0.733. The molecule has 4 nitrogen and oxygen atoms in total. The van der Waals surface area contributed by atoms with Crippen LogP contribution in [0.25, 0.3) is 0 Å². The molecule has 2 N–H and O–H groups in total. The van der Waals surface area contributed by atoms with E-state index in [1.807, 2.05) is 0 Å². The molecular weight excluding hydrogens is 236 g/mol. The predicted molar refractivity (Wildman–Crippen MR) is 78.2 cm³/mol. The molecule has 19 heavy (non-hydrogen) atoms. The van der Waals surface area contributed by atoms with Gasteiger partial charge in [-0.05, 0) is 31.1 Å². The van der Waals surface area contributed by atoms with Crippen LogP contribution in [0.2, 0.25) is 0 Å². The van der Waals surface area contributed by atoms with Gasteiger partial charge in [-0.1, -0.05) is 26.7 Å². The molecule has 1 saturated carbocycles. The lowest BCUT2D eigenvalue weighted by atomic mass is 9.85. The lowest BCUT2D eigenvalue weighted by molar-refractivity contribution is 0.341. The van der Waals surface area contributed by atoms with Crippen LogP contribution in [-0.2, 0) is 0 Å². The summed E-state index contributed by atoms with van der Waals surface area (Å²) in [4.78, 5) is 11.3. The number of nitrogens with zero attached hydrogens (tertiary/aromatic N) is 3. The third-order valence-corrected chi connectivity index (χ3v) is 4.75. The van der Waals surface area contributed by atoms with Crippen molar-refractivity contribution in [1.82, 2.24) is 9.97 Å². The van der Waals surface area contributed by atoms with Crippen molar-refractivity contribution >= 4 is 11.6 Å². The van der Waals surface area contributed by atoms with Gasteiger partial charge in [0.15, 0.2) is 0 Å². The van der Waals surface area contributed by atoms with Crippen LogP contribution in [0.5, 0.6) is 0 Å². The zero-order chi connectivity index (χ0) is 13.4. The minimum Gasteiger partial charge on any atom is -0.383 e. The van der Waals surface area contributed by atoms with E-state index in [2.05, 4.69) is 28.7 Å². The van der Waals surface area contributed by atoms with E-state index < -0.39 is 0 Å². The van der Waals surface area contributed by atoms with Gasteiger partial charge < -0.3 is 10.6 Å². The Morgan fingerprint density at radius 1 is 1.21 bits per heavy atom. The topological polar surface area (TPSA) is 55.0 Å². The summed E-state index contributed by atoms with van der Waals surface area (Å²) in [5.41, 5.74) is 7.21. The minimum atomic E-state index is 0.374. The van der Waals surface area contributed by atoms with Gasteiger partial charge in [-0.2, -0.15) is 0 Å². The molecule has 104 valence electrons. The number of anilines is 2. The van der Waals surface area contributed by atoms with Gasteiger partial charge in [0.05, 0.1) is 0 Å². The molecule has 1 saturated heterocycles. The summed E-state index contributed by atoms with van der Waals surface area (Å²) in [5, 5.41) is 0. The van der Waals surface area contributed by atoms with Crippen LogP contribution in [0.1, 0.15) is 57.4 Å². The van der Waals surface area contributed by atoms with E-state index in [1.165, 1.54) is 32.1 Å². The monoisotopic (exact) mass is 260 g/mol. The van der Waals surface area contributed by atoms with Crippen LogP contribution in [-0.4, -0.2) is 22.6 Å². The second-order valence-electron chi connectivity index (χ2n) is 6.24. The van der Waals surface area contributed by atoms with Crippen LogP contribution in [0.4, 0.5) is 11.6 Å². The molecule has 1 aliphatic carbocycles. The molecule has 1 aromatic rings. The number of nitrogen functional groups attached to an aromatic ring is 1. The van der Waals surface area contributed by atoms with Crippen molar-refractivity contribution in [3.05, 3.63) is 11.9 Å². The second-order valence-corrected chi connectivity index (χ2v) is 6.24. The maximum Gasteiger partial charge on any atom is 0.137 e. The molecule has 2 fully saturated rings. The summed E-state index contributed by atoms with van der Waals surface area (Å²) in [6, 6.07) is 0.681. The van der Waals surface area contributed by atoms with E-state index in [4.69, 9.17) is 5.73 Å². The summed E-state index contributed by atoms with van der Waals surface area (Å²) >= 11 is 0. The molecule has 0 spiro atoms. The quantitative estimate of drug-likeness (QED) is 0.888. The maximum absolute atomic E-state index is 6.08. The lowest BCUT2D eigenvalue weighted by Crippen LogP contribution is -2.36. The fourth-order valence-corrected chi connectivity index (χ4v) is 3.85.